The van der Waals surface area contributed by atoms with E-state index in [0.717, 1.165) is 0 Å². The van der Waals surface area contributed by atoms with Crippen LogP contribution in [0.25, 0.3) is 0 Å². The standard InChI is InChI=1S/C23H47As/c1-2-3-4-5-6-7-8-9-10-11-12-13-14-15-16-17-18-19-20-21-22-23-24/h2-23H2,1H3. The van der Waals surface area contributed by atoms with E-state index in [-0.39, 0.29) is 0 Å². The third-order valence-electron chi connectivity index (χ3n) is 5.26. The van der Waals surface area contributed by atoms with Gasteiger partial charge in [-0.05, 0) is 0 Å². The van der Waals surface area contributed by atoms with Crippen LogP contribution in [0, 0.1) is 0 Å². The van der Waals surface area contributed by atoms with E-state index in [1.54, 1.807) is 0 Å². The van der Waals surface area contributed by atoms with Crippen LogP contribution in [0.1, 0.15) is 142 Å². The third kappa shape index (κ3) is 22.6. The molecule has 0 aromatic rings. The summed E-state index contributed by atoms with van der Waals surface area (Å²) in [7, 11) is 0. The van der Waals surface area contributed by atoms with Crippen LogP contribution >= 0.6 is 0 Å². The third-order valence-corrected chi connectivity index (χ3v) is 5.93. The SMILES string of the molecule is CCCCCCCCCCCCCCCCCCCCCCC[As]. The number of hydrogen-bond donors (Lipinski definition) is 0. The van der Waals surface area contributed by atoms with Crippen molar-refractivity contribution in [2.24, 2.45) is 0 Å². The van der Waals surface area contributed by atoms with Gasteiger partial charge < -0.3 is 0 Å². The Hall–Kier alpha value is 0.558. The normalized spacial score (nSPS) is 11.2. The first-order chi connectivity index (χ1) is 11.9. The predicted molar refractivity (Wildman–Crippen MR) is 113 cm³/mol. The summed E-state index contributed by atoms with van der Waals surface area (Å²) in [6.45, 7) is 2.30. The second kappa shape index (κ2) is 23.6. The van der Waals surface area contributed by atoms with Crippen molar-refractivity contribution in [3.63, 3.8) is 0 Å². The fourth-order valence-corrected chi connectivity index (χ4v) is 4.01. The number of unbranched alkanes of at least 4 members (excludes halogenated alkanes) is 20. The van der Waals surface area contributed by atoms with Gasteiger partial charge in [-0.1, -0.05) is 71.1 Å². The van der Waals surface area contributed by atoms with Gasteiger partial charge >= 0.3 is 92.7 Å². The van der Waals surface area contributed by atoms with Gasteiger partial charge in [0.2, 0.25) is 0 Å². The van der Waals surface area contributed by atoms with E-state index >= 15 is 0 Å². The van der Waals surface area contributed by atoms with E-state index in [9.17, 15) is 0 Å². The summed E-state index contributed by atoms with van der Waals surface area (Å²) >= 11 is 2.70. The summed E-state index contributed by atoms with van der Waals surface area (Å²) in [5.74, 6) is 0. The second-order valence-electron chi connectivity index (χ2n) is 7.79. The summed E-state index contributed by atoms with van der Waals surface area (Å²) in [5, 5.41) is 1.31. The first-order valence-corrected chi connectivity index (χ1v) is 12.9. The van der Waals surface area contributed by atoms with Crippen LogP contribution in [0.4, 0.5) is 0 Å². The monoisotopic (exact) mass is 398 g/mol. The molecule has 0 spiro atoms. The van der Waals surface area contributed by atoms with E-state index in [1.807, 2.05) is 0 Å². The van der Waals surface area contributed by atoms with Crippen molar-refractivity contribution in [3.8, 4) is 0 Å². The Kier molecular flexibility index (Phi) is 24.1. The molecule has 0 N–H and O–H groups in total. The van der Waals surface area contributed by atoms with Crippen LogP contribution in [-0.2, 0) is 0 Å². The van der Waals surface area contributed by atoms with E-state index in [2.05, 4.69) is 23.8 Å². The summed E-state index contributed by atoms with van der Waals surface area (Å²) in [4.78, 5) is 0. The van der Waals surface area contributed by atoms with Crippen LogP contribution in [0.15, 0.2) is 0 Å². The Bertz CT molecular complexity index is 180. The molecule has 0 aromatic heterocycles. The quantitative estimate of drug-likeness (QED) is 0.134. The molecule has 0 atom stereocenters. The molecule has 0 bridgehead atoms. The Balaban J connectivity index is 2.93. The molecule has 0 saturated carbocycles. The van der Waals surface area contributed by atoms with E-state index in [1.165, 1.54) is 140 Å². The molecular weight excluding hydrogens is 351 g/mol. The van der Waals surface area contributed by atoms with Crippen molar-refractivity contribution < 1.29 is 0 Å². The molecule has 0 aromatic carbocycles. The first-order valence-electron chi connectivity index (χ1n) is 11.5. The number of hydrogen-bond acceptors (Lipinski definition) is 0. The van der Waals surface area contributed by atoms with Crippen molar-refractivity contribution in [1.82, 2.24) is 0 Å². The Morgan fingerprint density at radius 1 is 0.333 bits per heavy atom. The molecule has 0 saturated heterocycles. The molecule has 0 rings (SSSR count). The molecule has 2 radical (unpaired) electrons. The van der Waals surface area contributed by atoms with Gasteiger partial charge in [-0.2, -0.15) is 0 Å². The molecule has 0 heterocycles. The van der Waals surface area contributed by atoms with E-state index in [0.29, 0.717) is 0 Å². The fraction of sp³-hybridized carbons (Fsp3) is 1.00. The van der Waals surface area contributed by atoms with Crippen molar-refractivity contribution in [2.45, 2.75) is 147 Å². The van der Waals surface area contributed by atoms with Crippen molar-refractivity contribution >= 4 is 16.9 Å². The second-order valence-corrected chi connectivity index (χ2v) is 8.73. The average molecular weight is 399 g/mol. The predicted octanol–water partition coefficient (Wildman–Crippen LogP) is 8.79. The molecule has 0 fully saturated rings. The molecule has 1 heteroatoms. The number of rotatable bonds is 21. The zero-order valence-corrected chi connectivity index (χ0v) is 18.9. The Morgan fingerprint density at radius 3 is 0.750 bits per heavy atom. The van der Waals surface area contributed by atoms with Crippen LogP contribution in [0.2, 0.25) is 5.21 Å². The van der Waals surface area contributed by atoms with Crippen molar-refractivity contribution in [1.29, 1.82) is 0 Å². The van der Waals surface area contributed by atoms with Gasteiger partial charge in [0.1, 0.15) is 0 Å². The van der Waals surface area contributed by atoms with Crippen LogP contribution in [0.5, 0.6) is 0 Å². The zero-order chi connectivity index (χ0) is 17.6. The zero-order valence-electron chi connectivity index (χ0n) is 17.0. The minimum atomic E-state index is 1.31. The van der Waals surface area contributed by atoms with Crippen LogP contribution < -0.4 is 0 Å². The Morgan fingerprint density at radius 2 is 0.542 bits per heavy atom. The van der Waals surface area contributed by atoms with Gasteiger partial charge in [-0.25, -0.2) is 0 Å². The van der Waals surface area contributed by atoms with Crippen LogP contribution in [-0.4, -0.2) is 16.9 Å². The van der Waals surface area contributed by atoms with Gasteiger partial charge in [-0.15, -0.1) is 0 Å². The molecule has 24 heavy (non-hydrogen) atoms. The molecule has 0 aliphatic rings. The topological polar surface area (TPSA) is 0 Å². The van der Waals surface area contributed by atoms with Gasteiger partial charge in [0.05, 0.1) is 0 Å². The van der Waals surface area contributed by atoms with Gasteiger partial charge in [0.25, 0.3) is 0 Å². The molecule has 0 aliphatic carbocycles. The first kappa shape index (κ1) is 24.6. The molecule has 0 aliphatic heterocycles. The van der Waals surface area contributed by atoms with Crippen molar-refractivity contribution in [2.75, 3.05) is 0 Å². The van der Waals surface area contributed by atoms with Gasteiger partial charge in [0, 0.05) is 0 Å². The maximum atomic E-state index is 2.70. The summed E-state index contributed by atoms with van der Waals surface area (Å²) in [5.41, 5.74) is 0. The molecular formula is C23H47As. The maximum absolute atomic E-state index is 2.70. The summed E-state index contributed by atoms with van der Waals surface area (Å²) < 4.78 is 0. The van der Waals surface area contributed by atoms with Gasteiger partial charge in [-0.3, -0.25) is 0 Å². The summed E-state index contributed by atoms with van der Waals surface area (Å²) in [6.07, 6.45) is 30.9. The Labute approximate surface area is 163 Å². The molecule has 144 valence electrons. The summed E-state index contributed by atoms with van der Waals surface area (Å²) in [6, 6.07) is 0. The molecule has 0 unspecified atom stereocenters. The van der Waals surface area contributed by atoms with E-state index < -0.39 is 0 Å². The van der Waals surface area contributed by atoms with E-state index in [4.69, 9.17) is 0 Å². The molecule has 0 amide bonds. The van der Waals surface area contributed by atoms with Gasteiger partial charge in [0.15, 0.2) is 0 Å². The molecule has 0 nitrogen and oxygen atoms in total. The average Bonchev–Trinajstić information content (AvgIpc) is 2.60. The van der Waals surface area contributed by atoms with Crippen molar-refractivity contribution in [3.05, 3.63) is 0 Å². The minimum absolute atomic E-state index is 1.31. The van der Waals surface area contributed by atoms with Crippen LogP contribution in [0.3, 0.4) is 0 Å². The fourth-order valence-electron chi connectivity index (χ4n) is 3.54.